The first kappa shape index (κ1) is 12.4. The molecule has 5 heteroatoms. The Morgan fingerprint density at radius 1 is 1.14 bits per heavy atom. The van der Waals surface area contributed by atoms with Gasteiger partial charge in [-0.1, -0.05) is 30.3 Å². The van der Waals surface area contributed by atoms with Gasteiger partial charge in [-0.05, 0) is 22.9 Å². The first-order valence-corrected chi connectivity index (χ1v) is 7.45. The van der Waals surface area contributed by atoms with E-state index in [1.165, 1.54) is 11.3 Å². The Balaban J connectivity index is 1.76. The number of thiazole rings is 1. The fourth-order valence-corrected chi connectivity index (χ4v) is 3.11. The number of fused-ring (bicyclic) bond motifs is 2. The largest absolute Gasteiger partial charge is 0.437 e. The number of imidazole rings is 1. The molecule has 0 spiro atoms. The van der Waals surface area contributed by atoms with Crippen molar-refractivity contribution < 1.29 is 9.84 Å². The highest BCUT2D eigenvalue weighted by atomic mass is 32.1. The molecule has 0 aliphatic rings. The van der Waals surface area contributed by atoms with Crippen LogP contribution in [0.1, 0.15) is 5.69 Å². The van der Waals surface area contributed by atoms with Gasteiger partial charge in [-0.25, -0.2) is 0 Å². The summed E-state index contributed by atoms with van der Waals surface area (Å²) in [5.74, 6) is 1.17. The summed E-state index contributed by atoms with van der Waals surface area (Å²) in [4.78, 5) is 5.23. The topological polar surface area (TPSA) is 46.8 Å². The summed E-state index contributed by atoms with van der Waals surface area (Å²) in [7, 11) is 0. The van der Waals surface area contributed by atoms with Crippen molar-refractivity contribution in [3.63, 3.8) is 0 Å². The molecule has 0 radical (unpaired) electrons. The molecule has 0 unspecified atom stereocenters. The van der Waals surface area contributed by atoms with Crippen molar-refractivity contribution in [2.45, 2.75) is 6.61 Å². The molecule has 0 fully saturated rings. The highest BCUT2D eigenvalue weighted by Gasteiger charge is 2.14. The van der Waals surface area contributed by atoms with E-state index in [0.717, 1.165) is 15.7 Å². The van der Waals surface area contributed by atoms with Crippen LogP contribution < -0.4 is 4.74 Å². The fraction of sp³-hybridized carbons (Fsp3) is 0.0625. The van der Waals surface area contributed by atoms with E-state index < -0.39 is 0 Å². The highest BCUT2D eigenvalue weighted by Crippen LogP contribution is 2.29. The second-order valence-electron chi connectivity index (χ2n) is 4.69. The molecule has 0 atom stereocenters. The number of benzene rings is 2. The van der Waals surface area contributed by atoms with Crippen LogP contribution in [0.25, 0.3) is 15.7 Å². The summed E-state index contributed by atoms with van der Waals surface area (Å²) in [6.45, 7) is -0.110. The zero-order valence-electron chi connectivity index (χ0n) is 11.1. The summed E-state index contributed by atoms with van der Waals surface area (Å²) < 4.78 is 7.71. The van der Waals surface area contributed by atoms with Gasteiger partial charge in [0.25, 0.3) is 0 Å². The molecule has 0 saturated carbocycles. The third-order valence-corrected chi connectivity index (χ3v) is 4.17. The lowest BCUT2D eigenvalue weighted by Crippen LogP contribution is -1.93. The van der Waals surface area contributed by atoms with Crippen LogP contribution in [0, 0.1) is 0 Å². The molecule has 1 N–H and O–H groups in total. The lowest BCUT2D eigenvalue weighted by molar-refractivity contribution is 0.270. The van der Waals surface area contributed by atoms with E-state index in [1.54, 1.807) is 0 Å². The number of nitrogens with zero attached hydrogens (tertiary/aromatic N) is 2. The van der Waals surface area contributed by atoms with Gasteiger partial charge in [-0.2, -0.15) is 4.98 Å². The Labute approximate surface area is 124 Å². The Kier molecular flexibility index (Phi) is 2.87. The first-order valence-electron chi connectivity index (χ1n) is 6.57. The van der Waals surface area contributed by atoms with Gasteiger partial charge in [0.1, 0.15) is 11.4 Å². The van der Waals surface area contributed by atoms with Crippen LogP contribution in [-0.2, 0) is 6.61 Å². The standard InChI is InChI=1S/C16H12N2O2S/c19-10-14-15(17-16-18(14)7-8-21-16)20-13-6-5-11-3-1-2-4-12(11)9-13/h1-9,19H,10H2. The molecule has 4 nitrogen and oxygen atoms in total. The van der Waals surface area contributed by atoms with Crippen LogP contribution in [0.2, 0.25) is 0 Å². The zero-order chi connectivity index (χ0) is 14.2. The molecule has 4 aromatic rings. The Bertz CT molecular complexity index is 926. The minimum Gasteiger partial charge on any atom is -0.437 e. The predicted molar refractivity (Wildman–Crippen MR) is 83.0 cm³/mol. The number of aromatic nitrogens is 2. The number of aliphatic hydroxyl groups excluding tert-OH is 1. The summed E-state index contributed by atoms with van der Waals surface area (Å²) in [5.41, 5.74) is 0.666. The van der Waals surface area contributed by atoms with Crippen molar-refractivity contribution in [3.8, 4) is 11.6 Å². The first-order chi connectivity index (χ1) is 10.3. The second kappa shape index (κ2) is 4.87. The average Bonchev–Trinajstić information content (AvgIpc) is 3.07. The molecule has 0 bridgehead atoms. The van der Waals surface area contributed by atoms with E-state index in [9.17, 15) is 5.11 Å². The third kappa shape index (κ3) is 2.07. The van der Waals surface area contributed by atoms with Crippen LogP contribution in [0.5, 0.6) is 11.6 Å². The SMILES string of the molecule is OCc1c(Oc2ccc3ccccc3c2)nc2sccn12. The van der Waals surface area contributed by atoms with Crippen LogP contribution in [-0.4, -0.2) is 14.5 Å². The van der Waals surface area contributed by atoms with Crippen molar-refractivity contribution in [2.24, 2.45) is 0 Å². The molecular formula is C16H12N2O2S. The van der Waals surface area contributed by atoms with Crippen LogP contribution >= 0.6 is 11.3 Å². The van der Waals surface area contributed by atoms with Gasteiger partial charge in [0, 0.05) is 11.6 Å². The molecule has 0 saturated heterocycles. The lowest BCUT2D eigenvalue weighted by Gasteiger charge is -2.06. The number of aliphatic hydroxyl groups is 1. The van der Waals surface area contributed by atoms with Gasteiger partial charge in [0.15, 0.2) is 4.96 Å². The molecule has 2 heterocycles. The number of hydrogen-bond donors (Lipinski definition) is 1. The summed E-state index contributed by atoms with van der Waals surface area (Å²) >= 11 is 1.51. The van der Waals surface area contributed by atoms with Crippen molar-refractivity contribution in [1.82, 2.24) is 9.38 Å². The smallest absolute Gasteiger partial charge is 0.244 e. The zero-order valence-corrected chi connectivity index (χ0v) is 11.9. The minimum absolute atomic E-state index is 0.110. The maximum absolute atomic E-state index is 9.54. The highest BCUT2D eigenvalue weighted by molar-refractivity contribution is 7.15. The molecule has 2 aromatic heterocycles. The molecule has 0 aliphatic heterocycles. The van der Waals surface area contributed by atoms with Crippen molar-refractivity contribution in [2.75, 3.05) is 0 Å². The fourth-order valence-electron chi connectivity index (χ4n) is 2.38. The monoisotopic (exact) mass is 296 g/mol. The predicted octanol–water partition coefficient (Wildman–Crippen LogP) is 3.83. The average molecular weight is 296 g/mol. The molecule has 0 amide bonds. The summed E-state index contributed by atoms with van der Waals surface area (Å²) in [6, 6.07) is 14.0. The van der Waals surface area contributed by atoms with Crippen LogP contribution in [0.4, 0.5) is 0 Å². The quantitative estimate of drug-likeness (QED) is 0.625. The maximum Gasteiger partial charge on any atom is 0.244 e. The number of ether oxygens (including phenoxy) is 1. The second-order valence-corrected chi connectivity index (χ2v) is 5.56. The van der Waals surface area contributed by atoms with Gasteiger partial charge in [-0.3, -0.25) is 4.40 Å². The van der Waals surface area contributed by atoms with Crippen LogP contribution in [0.15, 0.2) is 54.0 Å². The number of rotatable bonds is 3. The van der Waals surface area contributed by atoms with E-state index in [4.69, 9.17) is 4.74 Å². The van der Waals surface area contributed by atoms with E-state index in [1.807, 2.05) is 52.4 Å². The molecule has 104 valence electrons. The summed E-state index contributed by atoms with van der Waals surface area (Å²) in [6.07, 6.45) is 1.88. The lowest BCUT2D eigenvalue weighted by atomic mass is 10.1. The summed E-state index contributed by atoms with van der Waals surface area (Å²) in [5, 5.41) is 13.7. The molecule has 4 rings (SSSR count). The maximum atomic E-state index is 9.54. The van der Waals surface area contributed by atoms with E-state index >= 15 is 0 Å². The van der Waals surface area contributed by atoms with Crippen molar-refractivity contribution in [3.05, 3.63) is 59.7 Å². The van der Waals surface area contributed by atoms with Gasteiger partial charge in [0.05, 0.1) is 6.61 Å². The third-order valence-electron chi connectivity index (χ3n) is 3.41. The van der Waals surface area contributed by atoms with Gasteiger partial charge >= 0.3 is 0 Å². The number of hydrogen-bond acceptors (Lipinski definition) is 4. The molecule has 0 aliphatic carbocycles. The van der Waals surface area contributed by atoms with Gasteiger partial charge in [-0.15, -0.1) is 11.3 Å². The molecule has 2 aromatic carbocycles. The Morgan fingerprint density at radius 3 is 2.86 bits per heavy atom. The molecule has 21 heavy (non-hydrogen) atoms. The van der Waals surface area contributed by atoms with Gasteiger partial charge < -0.3 is 9.84 Å². The van der Waals surface area contributed by atoms with Crippen molar-refractivity contribution >= 4 is 27.1 Å². The van der Waals surface area contributed by atoms with E-state index in [-0.39, 0.29) is 6.61 Å². The van der Waals surface area contributed by atoms with E-state index in [0.29, 0.717) is 17.3 Å². The Hall–Kier alpha value is -2.37. The normalized spacial score (nSPS) is 11.3. The van der Waals surface area contributed by atoms with Crippen molar-refractivity contribution in [1.29, 1.82) is 0 Å². The van der Waals surface area contributed by atoms with Gasteiger partial charge in [0.2, 0.25) is 5.88 Å². The van der Waals surface area contributed by atoms with Crippen LogP contribution in [0.3, 0.4) is 0 Å². The molecular weight excluding hydrogens is 284 g/mol. The van der Waals surface area contributed by atoms with E-state index in [2.05, 4.69) is 11.1 Å². The Morgan fingerprint density at radius 2 is 2.00 bits per heavy atom. The minimum atomic E-state index is -0.110.